The highest BCUT2D eigenvalue weighted by Gasteiger charge is 2.38. The number of carbonyl (C=O) groups excluding carboxylic acids is 6. The van der Waals surface area contributed by atoms with Gasteiger partial charge in [-0.2, -0.15) is 0 Å². The lowest BCUT2D eigenvalue weighted by Crippen LogP contribution is -2.29. The monoisotopic (exact) mass is 1480 g/mol. The van der Waals surface area contributed by atoms with Gasteiger partial charge in [0.25, 0.3) is 0 Å². The fourth-order valence-electron chi connectivity index (χ4n) is 13.7. The summed E-state index contributed by atoms with van der Waals surface area (Å²) in [6.07, 6.45) is 0.138. The van der Waals surface area contributed by atoms with E-state index in [-0.39, 0.29) is 71.9 Å². The molecule has 588 valence electrons. The molecule has 12 bridgehead atoms. The van der Waals surface area contributed by atoms with E-state index >= 15 is 28.8 Å². The molecule has 0 saturated heterocycles. The number of rotatable bonds is 6. The van der Waals surface area contributed by atoms with Crippen LogP contribution in [-0.4, -0.2) is 69.4 Å². The highest BCUT2D eigenvalue weighted by molar-refractivity contribution is 6.00. The molecule has 0 atom stereocenters. The lowest BCUT2D eigenvalue weighted by molar-refractivity contribution is 0.00529. The Morgan fingerprint density at radius 3 is 0.324 bits per heavy atom. The summed E-state index contributed by atoms with van der Waals surface area (Å²) in [6.45, 7) is 71.4. The zero-order valence-electron chi connectivity index (χ0n) is 73.1. The van der Waals surface area contributed by atoms with Crippen molar-refractivity contribution >= 4 is 35.8 Å². The van der Waals surface area contributed by atoms with Gasteiger partial charge in [-0.1, -0.05) is 197 Å². The topological polar surface area (TPSA) is 158 Å². The molecule has 0 spiro atoms. The van der Waals surface area contributed by atoms with Crippen LogP contribution in [0.25, 0.3) is 0 Å². The summed E-state index contributed by atoms with van der Waals surface area (Å²) in [5.41, 5.74) is 4.72. The summed E-state index contributed by atoms with van der Waals surface area (Å²) in [4.78, 5) is 96.2. The maximum absolute atomic E-state index is 16.0. The van der Waals surface area contributed by atoms with Gasteiger partial charge in [0.1, 0.15) is 33.6 Å². The van der Waals surface area contributed by atoms with E-state index < -0.39 is 102 Å². The molecule has 1 aliphatic carbocycles. The van der Waals surface area contributed by atoms with Gasteiger partial charge in [0, 0.05) is 0 Å². The second-order valence-corrected chi connectivity index (χ2v) is 42.6. The Balaban J connectivity index is 1.91. The average Bonchev–Trinajstić information content (AvgIpc) is 0.758. The molecule has 0 aliphatic heterocycles. The SMILES string of the molecule is CC(C)(C)OC(=O)c1c2cc(C(C)(C)C)cc1Cc1cc(C(C)(C)C)cc(c1C(=O)OC(C)(C)C)Cc1cc(C(C)(C)C)cc(c1C(=O)OC(C)(C)C)Cc1cc(C(C)(C)C)cc(c1C(=O)OC(C)(C)C)Cc1cc(C(C)(C)C)cc(c1C(=O)OC(C)(C)C)Cc1cc(C(C)(C)C)cc(c1C(=O)OC(C)(C)C)C2. The van der Waals surface area contributed by atoms with Crippen LogP contribution in [0.1, 0.15) is 412 Å². The summed E-state index contributed by atoms with van der Waals surface area (Å²) in [7, 11) is 0. The number of hydrogen-bond acceptors (Lipinski definition) is 12. The molecule has 0 radical (unpaired) electrons. The second-order valence-electron chi connectivity index (χ2n) is 42.6. The average molecular weight is 1480 g/mol. The van der Waals surface area contributed by atoms with Crippen molar-refractivity contribution in [1.82, 2.24) is 0 Å². The molecule has 0 unspecified atom stereocenters. The predicted molar refractivity (Wildman–Crippen MR) is 439 cm³/mol. The number of carbonyl (C=O) groups is 6. The van der Waals surface area contributed by atoms with Gasteiger partial charge in [0.2, 0.25) is 0 Å². The number of esters is 6. The summed E-state index contributed by atoms with van der Waals surface area (Å²) in [6, 6.07) is 24.7. The molecular weight excluding hydrogens is 1350 g/mol. The van der Waals surface area contributed by atoms with Gasteiger partial charge in [-0.3, -0.25) is 0 Å². The van der Waals surface area contributed by atoms with E-state index in [2.05, 4.69) is 197 Å². The van der Waals surface area contributed by atoms with Gasteiger partial charge in [-0.05, 0) is 296 Å². The highest BCUT2D eigenvalue weighted by Crippen LogP contribution is 2.43. The Hall–Kier alpha value is -7.86. The van der Waals surface area contributed by atoms with Crippen molar-refractivity contribution in [2.24, 2.45) is 0 Å². The fraction of sp³-hybridized carbons (Fsp3) is 0.562. The molecule has 12 nitrogen and oxygen atoms in total. The second kappa shape index (κ2) is 30.1. The van der Waals surface area contributed by atoms with Gasteiger partial charge in [0.05, 0.1) is 33.4 Å². The predicted octanol–water partition coefficient (Wildman–Crippen LogP) is 23.1. The van der Waals surface area contributed by atoms with E-state index in [1.54, 1.807) is 0 Å². The van der Waals surface area contributed by atoms with E-state index in [9.17, 15) is 0 Å². The third-order valence-electron chi connectivity index (χ3n) is 18.9. The van der Waals surface area contributed by atoms with Gasteiger partial charge >= 0.3 is 35.8 Å². The summed E-state index contributed by atoms with van der Waals surface area (Å²) < 4.78 is 39.4. The van der Waals surface area contributed by atoms with Crippen LogP contribution in [0, 0.1) is 0 Å². The van der Waals surface area contributed by atoms with Crippen LogP contribution < -0.4 is 0 Å². The minimum absolute atomic E-state index is 0.0230. The Bertz CT molecular complexity index is 3600. The quantitative estimate of drug-likeness (QED) is 0.115. The third kappa shape index (κ3) is 22.7. The molecule has 0 N–H and O–H groups in total. The van der Waals surface area contributed by atoms with Gasteiger partial charge < -0.3 is 28.4 Å². The number of fused-ring (bicyclic) bond motifs is 12. The minimum Gasteiger partial charge on any atom is -0.456 e. The standard InChI is InChI=1S/C96H132O12/c1-85(2,3)67-43-55-37-57-45-68(86(4,5)6)47-59(74(57)80(98)104-92(22,23)24)39-61-49-70(88(10,11)12)51-63(76(61)82(100)106-94(28,29)30)41-65-53-72(90(16,17)18)54-66(78(65)84(102)108-96(34,35)36)42-64-52-71(89(13,14)15)50-62(77(64)83(101)107-95(31,32)33)40-60-48-69(87(7,8)9)46-58(75(60)81(99)105-93(25,26)27)38-56(44-67)73(55)79(97)103-91(19,20)21/h43-54H,37-42H2,1-36H3. The van der Waals surface area contributed by atoms with E-state index in [1.807, 2.05) is 125 Å². The molecule has 108 heavy (non-hydrogen) atoms. The first-order chi connectivity index (χ1) is 48.5. The largest absolute Gasteiger partial charge is 0.456 e. The van der Waals surface area contributed by atoms with Crippen LogP contribution in [0.3, 0.4) is 0 Å². The number of hydrogen-bond donors (Lipinski definition) is 0. The Kier molecular flexibility index (Phi) is 24.3. The van der Waals surface area contributed by atoms with Crippen molar-refractivity contribution in [1.29, 1.82) is 0 Å². The molecule has 6 aromatic rings. The molecule has 12 heteroatoms. The minimum atomic E-state index is -0.983. The van der Waals surface area contributed by atoms with Crippen molar-refractivity contribution in [3.05, 3.63) is 206 Å². The van der Waals surface area contributed by atoms with Crippen LogP contribution in [-0.2, 0) is 99.4 Å². The zero-order valence-corrected chi connectivity index (χ0v) is 73.1. The maximum atomic E-state index is 16.0. The van der Waals surface area contributed by atoms with Crippen LogP contribution in [0.5, 0.6) is 0 Å². The number of benzene rings is 6. The summed E-state index contributed by atoms with van der Waals surface area (Å²) in [5.74, 6) is -3.57. The molecule has 7 rings (SSSR count). The smallest absolute Gasteiger partial charge is 0.339 e. The van der Waals surface area contributed by atoms with Crippen molar-refractivity contribution in [2.75, 3.05) is 0 Å². The normalized spacial score (nSPS) is 14.1. The number of ether oxygens (including phenoxy) is 6. The third-order valence-corrected chi connectivity index (χ3v) is 18.9. The van der Waals surface area contributed by atoms with E-state index in [0.717, 1.165) is 33.4 Å². The Morgan fingerprint density at radius 1 is 0.176 bits per heavy atom. The maximum Gasteiger partial charge on any atom is 0.339 e. The van der Waals surface area contributed by atoms with Gasteiger partial charge in [-0.25, -0.2) is 28.8 Å². The Labute approximate surface area is 649 Å². The van der Waals surface area contributed by atoms with Gasteiger partial charge in [0.15, 0.2) is 0 Å². The van der Waals surface area contributed by atoms with Crippen molar-refractivity contribution in [2.45, 2.75) is 354 Å². The van der Waals surface area contributed by atoms with Crippen molar-refractivity contribution in [3.8, 4) is 0 Å². The lowest BCUT2D eigenvalue weighted by atomic mass is 9.76. The van der Waals surface area contributed by atoms with Crippen LogP contribution in [0.4, 0.5) is 0 Å². The summed E-state index contributed by atoms with van der Waals surface area (Å²) >= 11 is 0. The molecular formula is C96H132O12. The molecule has 0 saturated carbocycles. The first-order valence-corrected chi connectivity index (χ1v) is 38.8. The van der Waals surface area contributed by atoms with Crippen molar-refractivity contribution in [3.63, 3.8) is 0 Å². The van der Waals surface area contributed by atoms with E-state index in [0.29, 0.717) is 66.8 Å². The Morgan fingerprint density at radius 2 is 0.259 bits per heavy atom. The van der Waals surface area contributed by atoms with Crippen LogP contribution in [0.15, 0.2) is 72.8 Å². The lowest BCUT2D eigenvalue weighted by Gasteiger charge is -2.30. The molecule has 0 heterocycles. The summed E-state index contributed by atoms with van der Waals surface area (Å²) in [5, 5.41) is 0. The molecule has 0 amide bonds. The molecule has 0 fully saturated rings. The molecule has 6 aromatic carbocycles. The van der Waals surface area contributed by atoms with Crippen LogP contribution >= 0.6 is 0 Å². The van der Waals surface area contributed by atoms with E-state index in [1.165, 1.54) is 0 Å². The van der Waals surface area contributed by atoms with E-state index in [4.69, 9.17) is 28.4 Å². The zero-order chi connectivity index (χ0) is 82.3. The fourth-order valence-corrected chi connectivity index (χ4v) is 13.7. The first kappa shape index (κ1) is 87.4. The highest BCUT2D eigenvalue weighted by atomic mass is 16.6. The van der Waals surface area contributed by atoms with Crippen LogP contribution in [0.2, 0.25) is 0 Å². The van der Waals surface area contributed by atoms with Crippen molar-refractivity contribution < 1.29 is 57.2 Å². The molecule has 0 aromatic heterocycles. The first-order valence-electron chi connectivity index (χ1n) is 38.8. The molecule has 1 aliphatic rings. The van der Waals surface area contributed by atoms with Gasteiger partial charge in [-0.15, -0.1) is 0 Å².